The van der Waals surface area contributed by atoms with Crippen LogP contribution in [0.15, 0.2) is 48.5 Å². The van der Waals surface area contributed by atoms with Crippen LogP contribution in [0.5, 0.6) is 5.75 Å². The van der Waals surface area contributed by atoms with E-state index in [9.17, 15) is 4.79 Å². The van der Waals surface area contributed by atoms with E-state index in [1.807, 2.05) is 30.3 Å². The zero-order valence-corrected chi connectivity index (χ0v) is 12.1. The number of ketones is 1. The van der Waals surface area contributed by atoms with E-state index in [4.69, 9.17) is 21.1 Å². The third-order valence-corrected chi connectivity index (χ3v) is 3.32. The molecule has 3 nitrogen and oxygen atoms in total. The summed E-state index contributed by atoms with van der Waals surface area (Å²) in [5.41, 5.74) is 1.32. The Morgan fingerprint density at radius 3 is 2.40 bits per heavy atom. The van der Waals surface area contributed by atoms with Crippen LogP contribution >= 0.6 is 11.6 Å². The minimum Gasteiger partial charge on any atom is -0.495 e. The van der Waals surface area contributed by atoms with Crippen molar-refractivity contribution in [2.75, 3.05) is 14.2 Å². The second-order valence-corrected chi connectivity index (χ2v) is 4.65. The molecule has 0 amide bonds. The zero-order chi connectivity index (χ0) is 14.5. The van der Waals surface area contributed by atoms with Gasteiger partial charge in [0, 0.05) is 12.7 Å². The van der Waals surface area contributed by atoms with Crippen molar-refractivity contribution in [1.29, 1.82) is 0 Å². The predicted octanol–water partition coefficient (Wildman–Crippen LogP) is 3.92. The standard InChI is InChI=1S/C16H15ClO3/c1-19-14-10-12(8-9-13(14)17)15(18)16(20-2)11-6-4-3-5-7-11/h3-10,16H,1-2H3. The summed E-state index contributed by atoms with van der Waals surface area (Å²) in [7, 11) is 3.03. The molecule has 0 aliphatic carbocycles. The number of carbonyl (C=O) groups excluding carboxylic acids is 1. The third-order valence-electron chi connectivity index (χ3n) is 3.01. The largest absolute Gasteiger partial charge is 0.495 e. The Morgan fingerprint density at radius 1 is 1.10 bits per heavy atom. The van der Waals surface area contributed by atoms with Gasteiger partial charge in [-0.15, -0.1) is 0 Å². The van der Waals surface area contributed by atoms with Gasteiger partial charge in [-0.05, 0) is 23.8 Å². The van der Waals surface area contributed by atoms with Gasteiger partial charge in [-0.3, -0.25) is 4.79 Å². The van der Waals surface area contributed by atoms with Crippen LogP contribution in [0.1, 0.15) is 22.0 Å². The SMILES string of the molecule is COc1cc(C(=O)C(OC)c2ccccc2)ccc1Cl. The molecule has 0 spiro atoms. The van der Waals surface area contributed by atoms with Crippen molar-refractivity contribution < 1.29 is 14.3 Å². The van der Waals surface area contributed by atoms with Crippen molar-refractivity contribution in [2.45, 2.75) is 6.10 Å². The lowest BCUT2D eigenvalue weighted by Crippen LogP contribution is -2.15. The molecule has 2 rings (SSSR count). The summed E-state index contributed by atoms with van der Waals surface area (Å²) in [5, 5.41) is 0.470. The maximum Gasteiger partial charge on any atom is 0.196 e. The smallest absolute Gasteiger partial charge is 0.196 e. The van der Waals surface area contributed by atoms with Gasteiger partial charge in [0.2, 0.25) is 0 Å². The third kappa shape index (κ3) is 3.00. The molecule has 20 heavy (non-hydrogen) atoms. The quantitative estimate of drug-likeness (QED) is 0.783. The summed E-state index contributed by atoms with van der Waals surface area (Å²) < 4.78 is 10.5. The molecule has 0 aliphatic heterocycles. The van der Waals surface area contributed by atoms with E-state index < -0.39 is 6.10 Å². The van der Waals surface area contributed by atoms with E-state index >= 15 is 0 Å². The van der Waals surface area contributed by atoms with Gasteiger partial charge in [0.1, 0.15) is 11.9 Å². The van der Waals surface area contributed by atoms with Crippen molar-refractivity contribution >= 4 is 17.4 Å². The fraction of sp³-hybridized carbons (Fsp3) is 0.188. The number of halogens is 1. The first-order valence-corrected chi connectivity index (χ1v) is 6.50. The summed E-state index contributed by atoms with van der Waals surface area (Å²) in [5.74, 6) is 0.342. The topological polar surface area (TPSA) is 35.5 Å². The van der Waals surface area contributed by atoms with Crippen molar-refractivity contribution in [3.63, 3.8) is 0 Å². The number of carbonyl (C=O) groups is 1. The molecule has 0 aliphatic rings. The van der Waals surface area contributed by atoms with Gasteiger partial charge in [0.05, 0.1) is 12.1 Å². The molecule has 1 unspecified atom stereocenters. The van der Waals surface area contributed by atoms with Crippen LogP contribution in [0.2, 0.25) is 5.02 Å². The van der Waals surface area contributed by atoms with Crippen LogP contribution < -0.4 is 4.74 Å². The summed E-state index contributed by atoms with van der Waals surface area (Å²) in [4.78, 5) is 12.5. The average Bonchev–Trinajstić information content (AvgIpc) is 2.49. The second-order valence-electron chi connectivity index (χ2n) is 4.24. The highest BCUT2D eigenvalue weighted by molar-refractivity contribution is 6.32. The van der Waals surface area contributed by atoms with Crippen molar-refractivity contribution in [1.82, 2.24) is 0 Å². The number of hydrogen-bond donors (Lipinski definition) is 0. The molecule has 104 valence electrons. The van der Waals surface area contributed by atoms with Gasteiger partial charge in [0.25, 0.3) is 0 Å². The van der Waals surface area contributed by atoms with E-state index in [-0.39, 0.29) is 5.78 Å². The maximum absolute atomic E-state index is 12.5. The zero-order valence-electron chi connectivity index (χ0n) is 11.3. The van der Waals surface area contributed by atoms with Gasteiger partial charge < -0.3 is 9.47 Å². The molecule has 0 saturated carbocycles. The number of ether oxygens (including phenoxy) is 2. The Labute approximate surface area is 123 Å². The van der Waals surface area contributed by atoms with Crippen molar-refractivity contribution in [3.05, 3.63) is 64.7 Å². The molecule has 1 atom stereocenters. The van der Waals surface area contributed by atoms with Gasteiger partial charge in [-0.2, -0.15) is 0 Å². The Bertz CT molecular complexity index is 596. The van der Waals surface area contributed by atoms with Gasteiger partial charge in [0.15, 0.2) is 5.78 Å². The highest BCUT2D eigenvalue weighted by atomic mass is 35.5. The van der Waals surface area contributed by atoms with E-state index in [0.717, 1.165) is 5.56 Å². The summed E-state index contributed by atoms with van der Waals surface area (Å²) in [6.45, 7) is 0. The Morgan fingerprint density at radius 2 is 1.80 bits per heavy atom. The molecule has 2 aromatic rings. The van der Waals surface area contributed by atoms with Gasteiger partial charge in [-0.1, -0.05) is 41.9 Å². The van der Waals surface area contributed by atoms with Crippen LogP contribution in [-0.2, 0) is 4.74 Å². The molecule has 0 N–H and O–H groups in total. The molecule has 0 bridgehead atoms. The highest BCUT2D eigenvalue weighted by Crippen LogP contribution is 2.28. The number of benzene rings is 2. The Hall–Kier alpha value is -1.84. The summed E-state index contributed by atoms with van der Waals surface area (Å²) >= 11 is 5.96. The fourth-order valence-electron chi connectivity index (χ4n) is 1.99. The number of rotatable bonds is 5. The van der Waals surface area contributed by atoms with Crippen molar-refractivity contribution in [2.24, 2.45) is 0 Å². The van der Waals surface area contributed by atoms with E-state index in [0.29, 0.717) is 16.3 Å². The molecule has 0 fully saturated rings. The molecule has 0 saturated heterocycles. The molecular formula is C16H15ClO3. The number of Topliss-reactive ketones (excluding diaryl/α,β-unsaturated/α-hetero) is 1. The van der Waals surface area contributed by atoms with Crippen LogP contribution in [-0.4, -0.2) is 20.0 Å². The maximum atomic E-state index is 12.5. The first kappa shape index (κ1) is 14.6. The monoisotopic (exact) mass is 290 g/mol. The lowest BCUT2D eigenvalue weighted by Gasteiger charge is -2.15. The number of hydrogen-bond acceptors (Lipinski definition) is 3. The van der Waals surface area contributed by atoms with Crippen LogP contribution in [0.25, 0.3) is 0 Å². The highest BCUT2D eigenvalue weighted by Gasteiger charge is 2.22. The van der Waals surface area contributed by atoms with Crippen molar-refractivity contribution in [3.8, 4) is 5.75 Å². The van der Waals surface area contributed by atoms with E-state index in [1.165, 1.54) is 14.2 Å². The van der Waals surface area contributed by atoms with E-state index in [2.05, 4.69) is 0 Å². The lowest BCUT2D eigenvalue weighted by molar-refractivity contribution is 0.0604. The average molecular weight is 291 g/mol. The minimum absolute atomic E-state index is 0.131. The van der Waals surface area contributed by atoms with Crippen LogP contribution in [0.4, 0.5) is 0 Å². The van der Waals surface area contributed by atoms with Crippen LogP contribution in [0, 0.1) is 0 Å². The Kier molecular flexibility index (Phi) is 4.77. The van der Waals surface area contributed by atoms with E-state index in [1.54, 1.807) is 18.2 Å². The molecule has 0 aromatic heterocycles. The van der Waals surface area contributed by atoms with Gasteiger partial charge in [-0.25, -0.2) is 0 Å². The molecular weight excluding hydrogens is 276 g/mol. The lowest BCUT2D eigenvalue weighted by atomic mass is 9.99. The molecule has 0 radical (unpaired) electrons. The molecule has 2 aromatic carbocycles. The molecule has 0 heterocycles. The summed E-state index contributed by atoms with van der Waals surface area (Å²) in [6, 6.07) is 14.3. The predicted molar refractivity (Wildman–Crippen MR) is 78.5 cm³/mol. The molecule has 4 heteroatoms. The Balaban J connectivity index is 2.34. The van der Waals surface area contributed by atoms with Gasteiger partial charge >= 0.3 is 0 Å². The van der Waals surface area contributed by atoms with Crippen LogP contribution in [0.3, 0.4) is 0 Å². The summed E-state index contributed by atoms with van der Waals surface area (Å²) in [6.07, 6.45) is -0.637. The number of methoxy groups -OCH3 is 2. The second kappa shape index (κ2) is 6.55. The first-order chi connectivity index (χ1) is 9.67. The fourth-order valence-corrected chi connectivity index (χ4v) is 2.18. The normalized spacial score (nSPS) is 11.9. The minimum atomic E-state index is -0.637. The first-order valence-electron chi connectivity index (χ1n) is 6.13.